The third-order valence-corrected chi connectivity index (χ3v) is 6.34. The normalized spacial score (nSPS) is 12.0. The fourth-order valence-electron chi connectivity index (χ4n) is 2.76. The van der Waals surface area contributed by atoms with E-state index < -0.39 is 6.04 Å². The molecule has 0 aliphatic carbocycles. The minimum atomic E-state index is -0.664. The number of thioether (sulfide) groups is 1. The lowest BCUT2D eigenvalue weighted by molar-refractivity contribution is -0.138. The van der Waals surface area contributed by atoms with Gasteiger partial charge >= 0.3 is 0 Å². The van der Waals surface area contributed by atoms with Crippen molar-refractivity contribution in [3.63, 3.8) is 0 Å². The van der Waals surface area contributed by atoms with Crippen molar-refractivity contribution >= 4 is 58.4 Å². The zero-order chi connectivity index (χ0) is 22.3. The van der Waals surface area contributed by atoms with E-state index in [2.05, 4.69) is 5.32 Å². The van der Waals surface area contributed by atoms with Gasteiger partial charge in [-0.05, 0) is 50.6 Å². The molecule has 2 aromatic rings. The van der Waals surface area contributed by atoms with E-state index in [1.807, 2.05) is 38.1 Å². The van der Waals surface area contributed by atoms with Gasteiger partial charge in [-0.2, -0.15) is 0 Å². The first-order valence-electron chi connectivity index (χ1n) is 9.54. The number of amides is 2. The van der Waals surface area contributed by atoms with Crippen molar-refractivity contribution in [2.24, 2.45) is 0 Å². The predicted octanol–water partition coefficient (Wildman–Crippen LogP) is 5.82. The Morgan fingerprint density at radius 1 is 1.00 bits per heavy atom. The average Bonchev–Trinajstić information content (AvgIpc) is 2.68. The lowest BCUT2D eigenvalue weighted by atomic mass is 10.1. The molecule has 0 radical (unpaired) electrons. The summed E-state index contributed by atoms with van der Waals surface area (Å²) in [7, 11) is 0. The molecule has 30 heavy (non-hydrogen) atoms. The summed E-state index contributed by atoms with van der Waals surface area (Å²) < 4.78 is 0. The van der Waals surface area contributed by atoms with E-state index in [-0.39, 0.29) is 30.2 Å². The van der Waals surface area contributed by atoms with E-state index in [1.54, 1.807) is 25.1 Å². The van der Waals surface area contributed by atoms with E-state index >= 15 is 0 Å². The SMILES string of the molecule is CC(C)NC(=O)[C@@H](C)N(Cc1c(Cl)cccc1Cl)C(=O)CSCc1ccc(Cl)cc1. The number of nitrogens with one attached hydrogen (secondary N) is 1. The van der Waals surface area contributed by atoms with Crippen LogP contribution in [0.4, 0.5) is 0 Å². The van der Waals surface area contributed by atoms with Crippen molar-refractivity contribution in [1.82, 2.24) is 10.2 Å². The van der Waals surface area contributed by atoms with Crippen LogP contribution in [0.5, 0.6) is 0 Å². The van der Waals surface area contributed by atoms with Crippen LogP contribution in [0.25, 0.3) is 0 Å². The van der Waals surface area contributed by atoms with Crippen molar-refractivity contribution in [2.45, 2.75) is 45.2 Å². The summed E-state index contributed by atoms with van der Waals surface area (Å²) in [5.41, 5.74) is 1.70. The van der Waals surface area contributed by atoms with Crippen molar-refractivity contribution in [2.75, 3.05) is 5.75 Å². The minimum absolute atomic E-state index is 0.0277. The van der Waals surface area contributed by atoms with E-state index in [0.717, 1.165) is 5.56 Å². The molecule has 0 fully saturated rings. The van der Waals surface area contributed by atoms with Gasteiger partial charge < -0.3 is 10.2 Å². The second-order valence-electron chi connectivity index (χ2n) is 7.18. The van der Waals surface area contributed by atoms with E-state index in [1.165, 1.54) is 16.7 Å². The van der Waals surface area contributed by atoms with Crippen LogP contribution in [-0.4, -0.2) is 34.6 Å². The molecule has 2 rings (SSSR count). The number of nitrogens with zero attached hydrogens (tertiary/aromatic N) is 1. The maximum Gasteiger partial charge on any atom is 0.242 e. The van der Waals surface area contributed by atoms with Crippen molar-refractivity contribution in [3.05, 3.63) is 68.7 Å². The smallest absolute Gasteiger partial charge is 0.242 e. The zero-order valence-electron chi connectivity index (χ0n) is 17.1. The van der Waals surface area contributed by atoms with Crippen LogP contribution in [0.1, 0.15) is 31.9 Å². The number of hydrogen-bond acceptors (Lipinski definition) is 3. The molecule has 0 saturated heterocycles. The largest absolute Gasteiger partial charge is 0.352 e. The van der Waals surface area contributed by atoms with Gasteiger partial charge in [0.15, 0.2) is 0 Å². The number of hydrogen-bond donors (Lipinski definition) is 1. The Hall–Kier alpha value is -1.40. The van der Waals surface area contributed by atoms with E-state index in [9.17, 15) is 9.59 Å². The molecule has 2 aromatic carbocycles. The second-order valence-corrected chi connectivity index (χ2v) is 9.42. The standard InChI is InChI=1S/C22H25Cl3N2O2S/c1-14(2)26-22(29)15(3)27(11-18-19(24)5-4-6-20(18)25)21(28)13-30-12-16-7-9-17(23)10-8-16/h4-10,14-15H,11-13H2,1-3H3,(H,26,29)/t15-/m1/s1. The highest BCUT2D eigenvalue weighted by Crippen LogP contribution is 2.27. The van der Waals surface area contributed by atoms with Crippen LogP contribution < -0.4 is 5.32 Å². The Balaban J connectivity index is 2.13. The third-order valence-electron chi connectivity index (χ3n) is 4.40. The molecule has 0 heterocycles. The lowest BCUT2D eigenvalue weighted by Gasteiger charge is -2.30. The summed E-state index contributed by atoms with van der Waals surface area (Å²) in [5.74, 6) is 0.515. The predicted molar refractivity (Wildman–Crippen MR) is 127 cm³/mol. The van der Waals surface area contributed by atoms with Gasteiger partial charge in [-0.15, -0.1) is 11.8 Å². The van der Waals surface area contributed by atoms with Crippen LogP contribution in [0.3, 0.4) is 0 Å². The molecule has 0 saturated carbocycles. The van der Waals surface area contributed by atoms with Gasteiger partial charge in [0.05, 0.1) is 5.75 Å². The number of benzene rings is 2. The molecule has 2 amide bonds. The Kier molecular flexibility index (Phi) is 9.82. The molecule has 0 spiro atoms. The quantitative estimate of drug-likeness (QED) is 0.485. The van der Waals surface area contributed by atoms with Gasteiger partial charge in [0.25, 0.3) is 0 Å². The molecule has 1 atom stereocenters. The molecule has 0 aliphatic rings. The summed E-state index contributed by atoms with van der Waals surface area (Å²) in [6.07, 6.45) is 0. The average molecular weight is 488 g/mol. The summed E-state index contributed by atoms with van der Waals surface area (Å²) in [6, 6.07) is 12.0. The molecule has 162 valence electrons. The highest BCUT2D eigenvalue weighted by atomic mass is 35.5. The topological polar surface area (TPSA) is 49.4 Å². The minimum Gasteiger partial charge on any atom is -0.352 e. The van der Waals surface area contributed by atoms with Crippen LogP contribution in [0.2, 0.25) is 15.1 Å². The van der Waals surface area contributed by atoms with Gasteiger partial charge in [-0.25, -0.2) is 0 Å². The van der Waals surface area contributed by atoms with Gasteiger partial charge in [0.2, 0.25) is 11.8 Å². The summed E-state index contributed by atoms with van der Waals surface area (Å²) in [5, 5.41) is 4.46. The van der Waals surface area contributed by atoms with Gasteiger partial charge in [0, 0.05) is 39.0 Å². The first-order chi connectivity index (χ1) is 14.2. The fraction of sp³-hybridized carbons (Fsp3) is 0.364. The number of rotatable bonds is 9. The van der Waals surface area contributed by atoms with Crippen LogP contribution >= 0.6 is 46.6 Å². The molecule has 0 unspecified atom stereocenters. The number of carbonyl (C=O) groups is 2. The summed E-state index contributed by atoms with van der Waals surface area (Å²) in [6.45, 7) is 5.63. The molecule has 0 aromatic heterocycles. The van der Waals surface area contributed by atoms with E-state index in [4.69, 9.17) is 34.8 Å². The first-order valence-corrected chi connectivity index (χ1v) is 11.8. The van der Waals surface area contributed by atoms with Crippen LogP contribution in [0, 0.1) is 0 Å². The van der Waals surface area contributed by atoms with Crippen LogP contribution in [0.15, 0.2) is 42.5 Å². The molecule has 8 heteroatoms. The fourth-order valence-corrected chi connectivity index (χ4v) is 4.27. The monoisotopic (exact) mass is 486 g/mol. The molecular weight excluding hydrogens is 463 g/mol. The zero-order valence-corrected chi connectivity index (χ0v) is 20.2. The number of carbonyl (C=O) groups excluding carboxylic acids is 2. The lowest BCUT2D eigenvalue weighted by Crippen LogP contribution is -2.49. The maximum absolute atomic E-state index is 13.1. The highest BCUT2D eigenvalue weighted by molar-refractivity contribution is 7.99. The van der Waals surface area contributed by atoms with Gasteiger partial charge in [0.1, 0.15) is 6.04 Å². The Labute approximate surface area is 197 Å². The van der Waals surface area contributed by atoms with Crippen molar-refractivity contribution < 1.29 is 9.59 Å². The van der Waals surface area contributed by atoms with Gasteiger partial charge in [-0.3, -0.25) is 9.59 Å². The molecular formula is C22H25Cl3N2O2S. The van der Waals surface area contributed by atoms with E-state index in [0.29, 0.717) is 26.4 Å². The molecule has 1 N–H and O–H groups in total. The Morgan fingerprint density at radius 3 is 2.17 bits per heavy atom. The molecule has 0 bridgehead atoms. The molecule has 4 nitrogen and oxygen atoms in total. The summed E-state index contributed by atoms with van der Waals surface area (Å²) >= 11 is 20.0. The Bertz CT molecular complexity index is 855. The second kappa shape index (κ2) is 11.8. The molecule has 0 aliphatic heterocycles. The first kappa shape index (κ1) is 24.9. The third kappa shape index (κ3) is 7.38. The maximum atomic E-state index is 13.1. The van der Waals surface area contributed by atoms with Crippen molar-refractivity contribution in [1.29, 1.82) is 0 Å². The highest BCUT2D eigenvalue weighted by Gasteiger charge is 2.27. The van der Waals surface area contributed by atoms with Crippen molar-refractivity contribution in [3.8, 4) is 0 Å². The van der Waals surface area contributed by atoms with Gasteiger partial charge in [-0.1, -0.05) is 53.0 Å². The summed E-state index contributed by atoms with van der Waals surface area (Å²) in [4.78, 5) is 27.2. The Morgan fingerprint density at radius 2 is 1.60 bits per heavy atom. The van der Waals surface area contributed by atoms with Crippen LogP contribution in [-0.2, 0) is 21.9 Å². The number of halogens is 3.